The third kappa shape index (κ3) is 5.52. The summed E-state index contributed by atoms with van der Waals surface area (Å²) in [6.45, 7) is 5.40. The molecule has 0 aliphatic carbocycles. The Bertz CT molecular complexity index is 911. The monoisotopic (exact) mass is 395 g/mol. The number of thiocarbonyl (C=S) groups is 1. The topological polar surface area (TPSA) is 28.2 Å². The first kappa shape index (κ1) is 19.3. The summed E-state index contributed by atoms with van der Waals surface area (Å²) in [7, 11) is 0. The first-order valence-corrected chi connectivity index (χ1v) is 9.57. The van der Waals surface area contributed by atoms with Crippen molar-refractivity contribution in [2.75, 3.05) is 5.32 Å². The van der Waals surface area contributed by atoms with Gasteiger partial charge in [0, 0.05) is 23.5 Å². The fraction of sp³-hybridized carbons (Fsp3) is 0.182. The van der Waals surface area contributed by atoms with Crippen LogP contribution >= 0.6 is 23.8 Å². The fourth-order valence-electron chi connectivity index (χ4n) is 2.73. The molecule has 5 heteroatoms. The molecule has 1 aromatic heterocycles. The molecule has 138 valence electrons. The van der Waals surface area contributed by atoms with Crippen LogP contribution in [0.5, 0.6) is 0 Å². The predicted molar refractivity (Wildman–Crippen MR) is 117 cm³/mol. The Balaban J connectivity index is 1.79. The van der Waals surface area contributed by atoms with Crippen LogP contribution in [0.2, 0.25) is 5.02 Å². The van der Waals surface area contributed by atoms with Gasteiger partial charge in [-0.1, -0.05) is 47.5 Å². The molecular formula is C22H22ClN3S. The number of hydrogen-bond acceptors (Lipinski definition) is 2. The molecule has 3 aromatic rings. The molecule has 0 radical (unpaired) electrons. The smallest absolute Gasteiger partial charge is 0.174 e. The third-order valence-corrected chi connectivity index (χ3v) is 5.05. The molecule has 0 amide bonds. The highest BCUT2D eigenvalue weighted by atomic mass is 35.5. The fourth-order valence-corrected chi connectivity index (χ4v) is 3.09. The Labute approximate surface area is 171 Å². The first-order valence-electron chi connectivity index (χ1n) is 8.79. The molecule has 2 aromatic carbocycles. The van der Waals surface area contributed by atoms with Gasteiger partial charge in [0.2, 0.25) is 0 Å². The summed E-state index contributed by atoms with van der Waals surface area (Å²) in [5.41, 5.74) is 5.36. The number of halogens is 1. The molecule has 3 nitrogen and oxygen atoms in total. The van der Waals surface area contributed by atoms with Gasteiger partial charge in [-0.05, 0) is 67.5 Å². The van der Waals surface area contributed by atoms with E-state index in [-0.39, 0.29) is 0 Å². The normalized spacial score (nSPS) is 10.5. The van der Waals surface area contributed by atoms with Gasteiger partial charge in [-0.2, -0.15) is 0 Å². The molecule has 3 rings (SSSR count). The number of aromatic nitrogens is 1. The minimum absolute atomic E-state index is 0.632. The molecule has 0 aliphatic rings. The minimum atomic E-state index is 0.632. The van der Waals surface area contributed by atoms with Crippen LogP contribution in [0.15, 0.2) is 66.9 Å². The number of pyridine rings is 1. The maximum Gasteiger partial charge on any atom is 0.174 e. The average molecular weight is 396 g/mol. The van der Waals surface area contributed by atoms with Gasteiger partial charge < -0.3 is 10.2 Å². The minimum Gasteiger partial charge on any atom is -0.339 e. The molecule has 0 unspecified atom stereocenters. The molecule has 0 bridgehead atoms. The van der Waals surface area contributed by atoms with E-state index in [1.165, 1.54) is 11.1 Å². The van der Waals surface area contributed by atoms with E-state index in [0.717, 1.165) is 22.0 Å². The Hall–Kier alpha value is -2.43. The van der Waals surface area contributed by atoms with Crippen molar-refractivity contribution in [3.63, 3.8) is 0 Å². The number of nitrogens with zero attached hydrogens (tertiary/aromatic N) is 2. The lowest BCUT2D eigenvalue weighted by Crippen LogP contribution is -2.34. The molecular weight excluding hydrogens is 374 g/mol. The van der Waals surface area contributed by atoms with E-state index in [1.54, 1.807) is 6.20 Å². The summed E-state index contributed by atoms with van der Waals surface area (Å²) in [5, 5.41) is 4.74. The zero-order chi connectivity index (χ0) is 19.2. The molecule has 0 saturated carbocycles. The summed E-state index contributed by atoms with van der Waals surface area (Å²) in [6.07, 6.45) is 1.80. The first-order chi connectivity index (χ1) is 13.0. The van der Waals surface area contributed by atoms with Crippen LogP contribution < -0.4 is 5.32 Å². The average Bonchev–Trinajstić information content (AvgIpc) is 2.67. The zero-order valence-electron chi connectivity index (χ0n) is 15.4. The maximum atomic E-state index is 6.13. The molecule has 0 aliphatic heterocycles. The van der Waals surface area contributed by atoms with Crippen LogP contribution in [0, 0.1) is 13.8 Å². The second-order valence-electron chi connectivity index (χ2n) is 6.56. The van der Waals surface area contributed by atoms with Crippen LogP contribution in [0.25, 0.3) is 0 Å². The van der Waals surface area contributed by atoms with Gasteiger partial charge in [0.25, 0.3) is 0 Å². The van der Waals surface area contributed by atoms with Crippen molar-refractivity contribution in [3.05, 3.63) is 94.3 Å². The molecule has 1 N–H and O–H groups in total. The number of rotatable bonds is 5. The van der Waals surface area contributed by atoms with Crippen molar-refractivity contribution in [1.82, 2.24) is 9.88 Å². The Morgan fingerprint density at radius 3 is 2.48 bits per heavy atom. The van der Waals surface area contributed by atoms with Crippen molar-refractivity contribution in [1.29, 1.82) is 0 Å². The number of anilines is 1. The van der Waals surface area contributed by atoms with E-state index in [2.05, 4.69) is 46.4 Å². The molecule has 0 atom stereocenters. The quantitative estimate of drug-likeness (QED) is 0.556. The second kappa shape index (κ2) is 8.98. The third-order valence-electron chi connectivity index (χ3n) is 4.27. The lowest BCUT2D eigenvalue weighted by atomic mass is 10.1. The zero-order valence-corrected chi connectivity index (χ0v) is 17.0. The van der Waals surface area contributed by atoms with Crippen LogP contribution in [0.3, 0.4) is 0 Å². The van der Waals surface area contributed by atoms with E-state index in [9.17, 15) is 0 Å². The lowest BCUT2D eigenvalue weighted by molar-refractivity contribution is 0.407. The number of benzene rings is 2. The number of nitrogens with one attached hydrogen (secondary N) is 1. The SMILES string of the molecule is Cc1ccc(CN(Cc2ccccn2)C(=S)Nc2ccc(Cl)c(C)c2)cc1. The summed E-state index contributed by atoms with van der Waals surface area (Å²) in [5.74, 6) is 0. The van der Waals surface area contributed by atoms with Gasteiger partial charge in [0.15, 0.2) is 5.11 Å². The van der Waals surface area contributed by atoms with Crippen molar-refractivity contribution < 1.29 is 0 Å². The summed E-state index contributed by atoms with van der Waals surface area (Å²) < 4.78 is 0. The van der Waals surface area contributed by atoms with Gasteiger partial charge >= 0.3 is 0 Å². The number of aryl methyl sites for hydroxylation is 2. The Morgan fingerprint density at radius 1 is 1.04 bits per heavy atom. The van der Waals surface area contributed by atoms with Crippen molar-refractivity contribution in [2.24, 2.45) is 0 Å². The highest BCUT2D eigenvalue weighted by Crippen LogP contribution is 2.20. The molecule has 0 fully saturated rings. The van der Waals surface area contributed by atoms with Gasteiger partial charge in [-0.15, -0.1) is 0 Å². The van der Waals surface area contributed by atoms with E-state index in [4.69, 9.17) is 23.8 Å². The molecule has 0 saturated heterocycles. The van der Waals surface area contributed by atoms with Gasteiger partial charge in [0.1, 0.15) is 0 Å². The standard InChI is InChI=1S/C22H22ClN3S/c1-16-6-8-18(9-7-16)14-26(15-20-5-3-4-12-24-20)22(27)25-19-10-11-21(23)17(2)13-19/h3-13H,14-15H2,1-2H3,(H,25,27). The van der Waals surface area contributed by atoms with Crippen LogP contribution in [-0.2, 0) is 13.1 Å². The lowest BCUT2D eigenvalue weighted by Gasteiger charge is -2.26. The largest absolute Gasteiger partial charge is 0.339 e. The molecule has 27 heavy (non-hydrogen) atoms. The maximum absolute atomic E-state index is 6.13. The van der Waals surface area contributed by atoms with Gasteiger partial charge in [0.05, 0.1) is 12.2 Å². The summed E-state index contributed by atoms with van der Waals surface area (Å²) in [6, 6.07) is 20.2. The van der Waals surface area contributed by atoms with E-state index in [1.807, 2.05) is 43.3 Å². The van der Waals surface area contributed by atoms with Crippen LogP contribution in [0.1, 0.15) is 22.4 Å². The van der Waals surface area contributed by atoms with E-state index < -0.39 is 0 Å². The highest BCUT2D eigenvalue weighted by Gasteiger charge is 2.13. The van der Waals surface area contributed by atoms with Crippen molar-refractivity contribution >= 4 is 34.6 Å². The Kier molecular flexibility index (Phi) is 6.43. The summed E-state index contributed by atoms with van der Waals surface area (Å²) >= 11 is 11.8. The van der Waals surface area contributed by atoms with Gasteiger partial charge in [-0.25, -0.2) is 0 Å². The Morgan fingerprint density at radius 2 is 1.81 bits per heavy atom. The van der Waals surface area contributed by atoms with E-state index >= 15 is 0 Å². The van der Waals surface area contributed by atoms with Crippen molar-refractivity contribution in [3.8, 4) is 0 Å². The van der Waals surface area contributed by atoms with Crippen LogP contribution in [-0.4, -0.2) is 15.0 Å². The highest BCUT2D eigenvalue weighted by molar-refractivity contribution is 7.80. The number of hydrogen-bond donors (Lipinski definition) is 1. The van der Waals surface area contributed by atoms with Crippen LogP contribution in [0.4, 0.5) is 5.69 Å². The second-order valence-corrected chi connectivity index (χ2v) is 7.35. The molecule has 0 spiro atoms. The van der Waals surface area contributed by atoms with E-state index in [0.29, 0.717) is 18.2 Å². The van der Waals surface area contributed by atoms with Crippen molar-refractivity contribution in [2.45, 2.75) is 26.9 Å². The molecule has 1 heterocycles. The van der Waals surface area contributed by atoms with Gasteiger partial charge in [-0.3, -0.25) is 4.98 Å². The summed E-state index contributed by atoms with van der Waals surface area (Å²) in [4.78, 5) is 6.56. The predicted octanol–water partition coefficient (Wildman–Crippen LogP) is 5.75.